The van der Waals surface area contributed by atoms with Gasteiger partial charge in [0.25, 0.3) is 0 Å². The van der Waals surface area contributed by atoms with Gasteiger partial charge in [0.15, 0.2) is 0 Å². The average molecular weight is 383 g/mol. The molecule has 3 aliphatic rings. The van der Waals surface area contributed by atoms with Gasteiger partial charge in [-0.3, -0.25) is 14.6 Å². The van der Waals surface area contributed by atoms with Crippen molar-refractivity contribution in [3.05, 3.63) is 29.5 Å². The fraction of sp³-hybridized carbons (Fsp3) is 0.591. The minimum atomic E-state index is 0.286. The molecule has 6 heteroatoms. The molecule has 2 aliphatic heterocycles. The third-order valence-corrected chi connectivity index (χ3v) is 6.88. The zero-order chi connectivity index (χ0) is 19.1. The van der Waals surface area contributed by atoms with E-state index >= 15 is 0 Å². The van der Waals surface area contributed by atoms with E-state index < -0.39 is 0 Å². The van der Waals surface area contributed by atoms with Gasteiger partial charge in [-0.15, -0.1) is 0 Å². The molecule has 1 N–H and O–H groups in total. The smallest absolute Gasteiger partial charge is 0.236 e. The third kappa shape index (κ3) is 3.29. The van der Waals surface area contributed by atoms with Crippen LogP contribution >= 0.6 is 0 Å². The van der Waals surface area contributed by atoms with Gasteiger partial charge in [-0.2, -0.15) is 0 Å². The van der Waals surface area contributed by atoms with Crippen LogP contribution in [0, 0.1) is 0 Å². The Morgan fingerprint density at radius 2 is 2.00 bits per heavy atom. The number of piperazine rings is 1. The van der Waals surface area contributed by atoms with Crippen LogP contribution in [0.2, 0.25) is 0 Å². The highest BCUT2D eigenvalue weighted by atomic mass is 16.5. The number of benzene rings is 1. The molecule has 28 heavy (non-hydrogen) atoms. The third-order valence-electron chi connectivity index (χ3n) is 6.88. The summed E-state index contributed by atoms with van der Waals surface area (Å²) in [5.74, 6) is 1.17. The molecule has 1 amide bonds. The minimum absolute atomic E-state index is 0.286. The molecule has 0 unspecified atom stereocenters. The van der Waals surface area contributed by atoms with Crippen LogP contribution in [0.3, 0.4) is 0 Å². The summed E-state index contributed by atoms with van der Waals surface area (Å²) in [6.07, 6.45) is 5.04. The number of methoxy groups -OCH3 is 1. The molecule has 1 aromatic heterocycles. The van der Waals surface area contributed by atoms with Crippen LogP contribution in [0.1, 0.15) is 30.5 Å². The molecule has 1 aromatic carbocycles. The van der Waals surface area contributed by atoms with Crippen LogP contribution in [-0.2, 0) is 17.8 Å². The fourth-order valence-electron chi connectivity index (χ4n) is 4.89. The minimum Gasteiger partial charge on any atom is -0.497 e. The Labute approximate surface area is 166 Å². The van der Waals surface area contributed by atoms with Crippen LogP contribution in [0.15, 0.2) is 18.2 Å². The quantitative estimate of drug-likeness (QED) is 0.881. The summed E-state index contributed by atoms with van der Waals surface area (Å²) in [6, 6.07) is 6.98. The molecule has 5 rings (SSSR count). The fourth-order valence-corrected chi connectivity index (χ4v) is 4.89. The van der Waals surface area contributed by atoms with Gasteiger partial charge in [0.1, 0.15) is 5.75 Å². The van der Waals surface area contributed by atoms with Gasteiger partial charge in [-0.05, 0) is 36.6 Å². The van der Waals surface area contributed by atoms with Crippen molar-refractivity contribution in [1.82, 2.24) is 19.7 Å². The molecular weight excluding hydrogens is 352 g/mol. The normalized spacial score (nSPS) is 21.5. The Morgan fingerprint density at radius 1 is 1.18 bits per heavy atom. The number of amides is 1. The monoisotopic (exact) mass is 382 g/mol. The maximum absolute atomic E-state index is 12.9. The van der Waals surface area contributed by atoms with Crippen LogP contribution in [-0.4, -0.2) is 78.0 Å². The van der Waals surface area contributed by atoms with Gasteiger partial charge in [0.2, 0.25) is 5.91 Å². The zero-order valence-corrected chi connectivity index (χ0v) is 16.7. The highest BCUT2D eigenvalue weighted by Gasteiger charge is 2.30. The van der Waals surface area contributed by atoms with Gasteiger partial charge in [-0.1, -0.05) is 6.42 Å². The molecule has 0 spiro atoms. The number of nitrogens with zero attached hydrogens (tertiary/aromatic N) is 3. The van der Waals surface area contributed by atoms with E-state index in [1.54, 1.807) is 7.11 Å². The lowest BCUT2D eigenvalue weighted by atomic mass is 9.91. The van der Waals surface area contributed by atoms with Crippen molar-refractivity contribution in [3.8, 4) is 5.75 Å². The number of ether oxygens (including phenoxy) is 1. The largest absolute Gasteiger partial charge is 0.497 e. The number of hydrogen-bond acceptors (Lipinski definition) is 4. The molecule has 0 radical (unpaired) electrons. The highest BCUT2D eigenvalue weighted by Crippen LogP contribution is 2.30. The first-order valence-electron chi connectivity index (χ1n) is 10.6. The number of fused-ring (bicyclic) bond motifs is 3. The highest BCUT2D eigenvalue weighted by molar-refractivity contribution is 5.86. The van der Waals surface area contributed by atoms with Crippen molar-refractivity contribution >= 4 is 16.8 Å². The number of nitrogens with one attached hydrogen (secondary N) is 1. The van der Waals surface area contributed by atoms with Crippen molar-refractivity contribution in [3.63, 3.8) is 0 Å². The molecule has 0 atom stereocenters. The first-order chi connectivity index (χ1) is 13.7. The van der Waals surface area contributed by atoms with E-state index in [0.717, 1.165) is 63.0 Å². The van der Waals surface area contributed by atoms with E-state index in [1.165, 1.54) is 35.9 Å². The van der Waals surface area contributed by atoms with Crippen LogP contribution in [0.5, 0.6) is 5.75 Å². The molecule has 1 saturated heterocycles. The van der Waals surface area contributed by atoms with Crippen molar-refractivity contribution in [2.75, 3.05) is 46.4 Å². The number of H-pyrrole nitrogens is 1. The summed E-state index contributed by atoms with van der Waals surface area (Å²) in [6.45, 7) is 6.16. The Balaban J connectivity index is 1.22. The molecule has 1 saturated carbocycles. The molecule has 6 nitrogen and oxygen atoms in total. The average Bonchev–Trinajstić information content (AvgIpc) is 3.04. The van der Waals surface area contributed by atoms with Crippen molar-refractivity contribution in [1.29, 1.82) is 0 Å². The van der Waals surface area contributed by atoms with E-state index in [1.807, 2.05) is 6.07 Å². The lowest BCUT2D eigenvalue weighted by Crippen LogP contribution is -2.55. The van der Waals surface area contributed by atoms with Gasteiger partial charge < -0.3 is 14.6 Å². The van der Waals surface area contributed by atoms with Gasteiger partial charge >= 0.3 is 0 Å². The Bertz CT molecular complexity index is 865. The Morgan fingerprint density at radius 3 is 2.71 bits per heavy atom. The molecule has 2 fully saturated rings. The van der Waals surface area contributed by atoms with Crippen LogP contribution < -0.4 is 4.74 Å². The summed E-state index contributed by atoms with van der Waals surface area (Å²) in [5, 5.41) is 1.22. The van der Waals surface area contributed by atoms with Crippen molar-refractivity contribution < 1.29 is 9.53 Å². The van der Waals surface area contributed by atoms with Crippen LogP contribution in [0.4, 0.5) is 0 Å². The first kappa shape index (κ1) is 18.0. The topological polar surface area (TPSA) is 51.8 Å². The van der Waals surface area contributed by atoms with E-state index in [-0.39, 0.29) is 5.91 Å². The van der Waals surface area contributed by atoms with E-state index in [0.29, 0.717) is 6.54 Å². The number of carbonyl (C=O) groups is 1. The molecule has 150 valence electrons. The number of aromatic nitrogens is 1. The van der Waals surface area contributed by atoms with Crippen molar-refractivity contribution in [2.24, 2.45) is 0 Å². The number of carbonyl (C=O) groups excluding carboxylic acids is 1. The maximum Gasteiger partial charge on any atom is 0.236 e. The number of rotatable bonds is 4. The lowest BCUT2D eigenvalue weighted by molar-refractivity contribution is -0.135. The SMILES string of the molecule is COc1ccc2[nH]c3c(c2c1)CN(CC(=O)N1CCN(C2CCC2)CC1)CC3. The molecular formula is C22H30N4O2. The van der Waals surface area contributed by atoms with Crippen molar-refractivity contribution in [2.45, 2.75) is 38.3 Å². The zero-order valence-electron chi connectivity index (χ0n) is 16.7. The summed E-state index contributed by atoms with van der Waals surface area (Å²) in [7, 11) is 1.70. The van der Waals surface area contributed by atoms with Gasteiger partial charge in [0, 0.05) is 68.3 Å². The van der Waals surface area contributed by atoms with E-state index in [4.69, 9.17) is 4.74 Å². The molecule has 0 bridgehead atoms. The first-order valence-corrected chi connectivity index (χ1v) is 10.6. The molecule has 1 aliphatic carbocycles. The van der Waals surface area contributed by atoms with Gasteiger partial charge in [-0.25, -0.2) is 0 Å². The number of hydrogen-bond donors (Lipinski definition) is 1. The second-order valence-corrected chi connectivity index (χ2v) is 8.46. The molecule has 3 heterocycles. The Kier molecular flexibility index (Phi) is 4.77. The van der Waals surface area contributed by atoms with E-state index in [9.17, 15) is 4.79 Å². The molecule has 2 aromatic rings. The predicted molar refractivity (Wildman–Crippen MR) is 110 cm³/mol. The standard InChI is InChI=1S/C22H30N4O2/c1-28-17-5-6-20-18(13-17)19-14-24(8-7-21(19)23-20)15-22(27)26-11-9-25(10-12-26)16-3-2-4-16/h5-6,13,16,23H,2-4,7-12,14-15H2,1H3. The van der Waals surface area contributed by atoms with Gasteiger partial charge in [0.05, 0.1) is 13.7 Å². The number of aromatic amines is 1. The summed E-state index contributed by atoms with van der Waals surface area (Å²) < 4.78 is 5.40. The van der Waals surface area contributed by atoms with Crippen LogP contribution in [0.25, 0.3) is 10.9 Å². The summed E-state index contributed by atoms with van der Waals surface area (Å²) in [5.41, 5.74) is 3.79. The predicted octanol–water partition coefficient (Wildman–Crippen LogP) is 2.23. The summed E-state index contributed by atoms with van der Waals surface area (Å²) in [4.78, 5) is 23.4. The second-order valence-electron chi connectivity index (χ2n) is 8.46. The second kappa shape index (κ2) is 7.41. The lowest BCUT2D eigenvalue weighted by Gasteiger charge is -2.43. The maximum atomic E-state index is 12.9. The summed E-state index contributed by atoms with van der Waals surface area (Å²) >= 11 is 0. The van der Waals surface area contributed by atoms with E-state index in [2.05, 4.69) is 31.8 Å². The Hall–Kier alpha value is -2.05.